The summed E-state index contributed by atoms with van der Waals surface area (Å²) in [6.07, 6.45) is 1.57. The number of nitrogens with zero attached hydrogens (tertiary/aromatic N) is 1. The van der Waals surface area contributed by atoms with Crippen LogP contribution in [0, 0.1) is 0 Å². The van der Waals surface area contributed by atoms with Gasteiger partial charge in [-0.05, 0) is 46.3 Å². The molecule has 1 N–H and O–H groups in total. The Morgan fingerprint density at radius 1 is 1.29 bits per heavy atom. The van der Waals surface area contributed by atoms with E-state index >= 15 is 0 Å². The van der Waals surface area contributed by atoms with Crippen molar-refractivity contribution in [3.63, 3.8) is 0 Å². The molecule has 86 valence electrons. The molecule has 1 heterocycles. The number of hydrogen-bond acceptors (Lipinski definition) is 2. The maximum Gasteiger partial charge on any atom is 0.274 e. The Bertz CT molecular complexity index is 545. The molecule has 0 saturated carbocycles. The van der Waals surface area contributed by atoms with E-state index in [0.717, 1.165) is 4.47 Å². The van der Waals surface area contributed by atoms with E-state index < -0.39 is 0 Å². The van der Waals surface area contributed by atoms with E-state index in [0.29, 0.717) is 16.4 Å². The number of carbonyl (C=O) groups excluding carboxylic acids is 1. The van der Waals surface area contributed by atoms with Gasteiger partial charge in [0.2, 0.25) is 0 Å². The van der Waals surface area contributed by atoms with Gasteiger partial charge < -0.3 is 5.32 Å². The Kier molecular flexibility index (Phi) is 3.76. The molecule has 5 heteroatoms. The van der Waals surface area contributed by atoms with Crippen molar-refractivity contribution in [3.05, 3.63) is 57.8 Å². The van der Waals surface area contributed by atoms with E-state index in [1.807, 2.05) is 0 Å². The van der Waals surface area contributed by atoms with Gasteiger partial charge in [0.05, 0.1) is 5.69 Å². The van der Waals surface area contributed by atoms with Crippen molar-refractivity contribution >= 4 is 39.1 Å². The zero-order valence-corrected chi connectivity index (χ0v) is 11.0. The van der Waals surface area contributed by atoms with Crippen molar-refractivity contribution in [1.82, 2.24) is 4.98 Å². The predicted octanol–water partition coefficient (Wildman–Crippen LogP) is 3.75. The van der Waals surface area contributed by atoms with E-state index in [4.69, 9.17) is 11.6 Å². The lowest BCUT2D eigenvalue weighted by Crippen LogP contribution is -2.13. The van der Waals surface area contributed by atoms with E-state index in [1.165, 1.54) is 0 Å². The van der Waals surface area contributed by atoms with Gasteiger partial charge >= 0.3 is 0 Å². The Morgan fingerprint density at radius 2 is 2.12 bits per heavy atom. The SMILES string of the molecule is O=C(Nc1cc(Cl)ccc1Br)c1ccccn1. The van der Waals surface area contributed by atoms with Gasteiger partial charge in [0.25, 0.3) is 5.91 Å². The molecule has 17 heavy (non-hydrogen) atoms. The van der Waals surface area contributed by atoms with Crippen LogP contribution in [0.3, 0.4) is 0 Å². The van der Waals surface area contributed by atoms with Crippen molar-refractivity contribution in [2.45, 2.75) is 0 Å². The van der Waals surface area contributed by atoms with Gasteiger partial charge in [-0.2, -0.15) is 0 Å². The summed E-state index contributed by atoms with van der Waals surface area (Å²) < 4.78 is 0.770. The van der Waals surface area contributed by atoms with Crippen LogP contribution in [0.1, 0.15) is 10.5 Å². The molecule has 2 aromatic rings. The molecule has 0 spiro atoms. The van der Waals surface area contributed by atoms with Crippen LogP contribution in [0.2, 0.25) is 5.02 Å². The summed E-state index contributed by atoms with van der Waals surface area (Å²) in [6, 6.07) is 10.3. The van der Waals surface area contributed by atoms with E-state index in [9.17, 15) is 4.79 Å². The molecule has 0 aliphatic heterocycles. The number of carbonyl (C=O) groups is 1. The molecule has 2 rings (SSSR count). The smallest absolute Gasteiger partial charge is 0.274 e. The van der Waals surface area contributed by atoms with Gasteiger partial charge in [0.15, 0.2) is 0 Å². The molecule has 0 radical (unpaired) electrons. The molecule has 0 unspecified atom stereocenters. The van der Waals surface area contributed by atoms with Gasteiger partial charge in [-0.15, -0.1) is 0 Å². The van der Waals surface area contributed by atoms with Crippen molar-refractivity contribution < 1.29 is 4.79 Å². The van der Waals surface area contributed by atoms with Crippen LogP contribution in [0.15, 0.2) is 47.1 Å². The second-order valence-electron chi connectivity index (χ2n) is 3.29. The quantitative estimate of drug-likeness (QED) is 0.918. The van der Waals surface area contributed by atoms with Crippen molar-refractivity contribution in [2.24, 2.45) is 0 Å². The number of anilines is 1. The highest BCUT2D eigenvalue weighted by molar-refractivity contribution is 9.10. The van der Waals surface area contributed by atoms with Gasteiger partial charge in [-0.1, -0.05) is 17.7 Å². The Morgan fingerprint density at radius 3 is 2.82 bits per heavy atom. The molecular formula is C12H8BrClN2O. The lowest BCUT2D eigenvalue weighted by atomic mass is 10.3. The normalized spacial score (nSPS) is 10.0. The van der Waals surface area contributed by atoms with Crippen LogP contribution in [-0.2, 0) is 0 Å². The largest absolute Gasteiger partial charge is 0.320 e. The summed E-state index contributed by atoms with van der Waals surface area (Å²) in [6.45, 7) is 0. The number of hydrogen-bond donors (Lipinski definition) is 1. The summed E-state index contributed by atoms with van der Waals surface area (Å²) in [5.74, 6) is -0.270. The number of benzene rings is 1. The Labute approximate surface area is 112 Å². The first-order valence-electron chi connectivity index (χ1n) is 4.84. The highest BCUT2D eigenvalue weighted by Gasteiger charge is 2.09. The average molecular weight is 312 g/mol. The summed E-state index contributed by atoms with van der Waals surface area (Å²) >= 11 is 9.20. The van der Waals surface area contributed by atoms with E-state index in [-0.39, 0.29) is 5.91 Å². The first kappa shape index (κ1) is 12.1. The van der Waals surface area contributed by atoms with Crippen molar-refractivity contribution in [2.75, 3.05) is 5.32 Å². The predicted molar refractivity (Wildman–Crippen MR) is 71.3 cm³/mol. The minimum absolute atomic E-state index is 0.270. The van der Waals surface area contributed by atoms with Crippen LogP contribution in [0.25, 0.3) is 0 Å². The molecule has 3 nitrogen and oxygen atoms in total. The summed E-state index contributed by atoms with van der Waals surface area (Å²) in [7, 11) is 0. The van der Waals surface area contributed by atoms with Crippen LogP contribution < -0.4 is 5.32 Å². The van der Waals surface area contributed by atoms with Crippen molar-refractivity contribution in [3.8, 4) is 0 Å². The molecule has 0 bridgehead atoms. The number of nitrogens with one attached hydrogen (secondary N) is 1. The average Bonchev–Trinajstić information content (AvgIpc) is 2.35. The first-order chi connectivity index (χ1) is 8.16. The maximum atomic E-state index is 11.8. The highest BCUT2D eigenvalue weighted by Crippen LogP contribution is 2.26. The molecule has 0 aliphatic carbocycles. The molecule has 1 amide bonds. The third kappa shape index (κ3) is 3.05. The van der Waals surface area contributed by atoms with E-state index in [1.54, 1.807) is 42.6 Å². The number of pyridine rings is 1. The molecule has 0 fully saturated rings. The van der Waals surface area contributed by atoms with Crippen LogP contribution in [0.5, 0.6) is 0 Å². The minimum Gasteiger partial charge on any atom is -0.320 e. The summed E-state index contributed by atoms with van der Waals surface area (Å²) in [4.78, 5) is 15.8. The number of rotatable bonds is 2. The monoisotopic (exact) mass is 310 g/mol. The molecule has 0 atom stereocenters. The second-order valence-corrected chi connectivity index (χ2v) is 4.58. The fraction of sp³-hybridized carbons (Fsp3) is 0. The molecule has 1 aromatic carbocycles. The highest BCUT2D eigenvalue weighted by atomic mass is 79.9. The summed E-state index contributed by atoms with van der Waals surface area (Å²) in [5.41, 5.74) is 0.979. The van der Waals surface area contributed by atoms with Gasteiger partial charge in [-0.25, -0.2) is 0 Å². The van der Waals surface area contributed by atoms with E-state index in [2.05, 4.69) is 26.2 Å². The first-order valence-corrected chi connectivity index (χ1v) is 6.01. The number of halogens is 2. The minimum atomic E-state index is -0.270. The summed E-state index contributed by atoms with van der Waals surface area (Å²) in [5, 5.41) is 3.29. The maximum absolute atomic E-state index is 11.8. The Balaban J connectivity index is 2.22. The second kappa shape index (κ2) is 5.29. The standard InChI is InChI=1S/C12H8BrClN2O/c13-9-5-4-8(14)7-11(9)16-12(17)10-3-1-2-6-15-10/h1-7H,(H,16,17). The van der Waals surface area contributed by atoms with Crippen molar-refractivity contribution in [1.29, 1.82) is 0 Å². The fourth-order valence-corrected chi connectivity index (χ4v) is 1.79. The van der Waals surface area contributed by atoms with Crippen LogP contribution in [-0.4, -0.2) is 10.9 Å². The molecule has 0 saturated heterocycles. The Hall–Kier alpha value is -1.39. The molecule has 1 aromatic heterocycles. The van der Waals surface area contributed by atoms with Gasteiger partial charge in [0.1, 0.15) is 5.69 Å². The van der Waals surface area contributed by atoms with Crippen LogP contribution in [0.4, 0.5) is 5.69 Å². The molecule has 0 aliphatic rings. The third-order valence-corrected chi connectivity index (χ3v) is 3.00. The number of aromatic nitrogens is 1. The topological polar surface area (TPSA) is 42.0 Å². The zero-order chi connectivity index (χ0) is 12.3. The lowest BCUT2D eigenvalue weighted by molar-refractivity contribution is 0.102. The lowest BCUT2D eigenvalue weighted by Gasteiger charge is -2.07. The van der Waals surface area contributed by atoms with Crippen LogP contribution >= 0.6 is 27.5 Å². The fourth-order valence-electron chi connectivity index (χ4n) is 1.28. The zero-order valence-electron chi connectivity index (χ0n) is 8.65. The molecular weight excluding hydrogens is 304 g/mol. The third-order valence-electron chi connectivity index (χ3n) is 2.07. The van der Waals surface area contributed by atoms with Gasteiger partial charge in [-0.3, -0.25) is 9.78 Å². The number of amides is 1. The van der Waals surface area contributed by atoms with Gasteiger partial charge in [0, 0.05) is 15.7 Å².